The van der Waals surface area contributed by atoms with E-state index in [9.17, 15) is 14.9 Å². The van der Waals surface area contributed by atoms with E-state index in [2.05, 4.69) is 15.9 Å². The molecule has 3 rings (SSSR count). The summed E-state index contributed by atoms with van der Waals surface area (Å²) in [6.07, 6.45) is 5.01. The van der Waals surface area contributed by atoms with Crippen LogP contribution in [0.1, 0.15) is 37.7 Å². The number of benzene rings is 1. The van der Waals surface area contributed by atoms with E-state index in [-0.39, 0.29) is 28.8 Å². The molecule has 1 atom stereocenters. The van der Waals surface area contributed by atoms with Gasteiger partial charge in [0.25, 0.3) is 0 Å². The summed E-state index contributed by atoms with van der Waals surface area (Å²) in [6.45, 7) is 0. The minimum Gasteiger partial charge on any atom is -0.466 e. The van der Waals surface area contributed by atoms with E-state index >= 15 is 0 Å². The van der Waals surface area contributed by atoms with E-state index in [0.717, 1.165) is 48.3 Å². The highest BCUT2D eigenvalue weighted by Gasteiger charge is 2.54. The number of nitriles is 1. The molecule has 31 heavy (non-hydrogen) atoms. The number of rotatable bonds is 6. The van der Waals surface area contributed by atoms with E-state index in [1.54, 1.807) is 24.3 Å². The highest BCUT2D eigenvalue weighted by atomic mass is 79.9. The van der Waals surface area contributed by atoms with Crippen LogP contribution in [-0.2, 0) is 29.4 Å². The van der Waals surface area contributed by atoms with Crippen LogP contribution in [0.5, 0.6) is 0 Å². The Morgan fingerprint density at radius 2 is 1.84 bits per heavy atom. The van der Waals surface area contributed by atoms with Crippen LogP contribution in [0.4, 0.5) is 0 Å². The molecule has 7 nitrogen and oxygen atoms in total. The number of thioether (sulfide) groups is 1. The van der Waals surface area contributed by atoms with Gasteiger partial charge in [-0.05, 0) is 36.7 Å². The third kappa shape index (κ3) is 4.80. The molecule has 1 fully saturated rings. The number of aliphatic imine (C=N–C) groups is 1. The van der Waals surface area contributed by atoms with Crippen molar-refractivity contribution in [2.24, 2.45) is 4.99 Å². The lowest BCUT2D eigenvalue weighted by molar-refractivity contribution is -0.139. The molecule has 0 amide bonds. The van der Waals surface area contributed by atoms with Crippen molar-refractivity contribution in [1.29, 1.82) is 5.26 Å². The molecule has 1 aromatic carbocycles. The molecule has 164 valence electrons. The Balaban J connectivity index is 2.24. The number of hydrogen-bond acceptors (Lipinski definition) is 8. The smallest absolute Gasteiger partial charge is 0.344 e. The number of halogens is 1. The fraction of sp³-hybridized carbons (Fsp3) is 0.455. The average Bonchev–Trinajstić information content (AvgIpc) is 3.12. The second kappa shape index (κ2) is 10.3. The molecule has 1 saturated carbocycles. The largest absolute Gasteiger partial charge is 0.466 e. The van der Waals surface area contributed by atoms with Crippen molar-refractivity contribution in [3.63, 3.8) is 0 Å². The van der Waals surface area contributed by atoms with E-state index in [1.807, 2.05) is 5.40 Å². The van der Waals surface area contributed by atoms with Gasteiger partial charge in [0, 0.05) is 10.0 Å². The Morgan fingerprint density at radius 3 is 2.42 bits per heavy atom. The summed E-state index contributed by atoms with van der Waals surface area (Å²) in [5.41, 5.74) is -0.845. The maximum absolute atomic E-state index is 13.0. The first kappa shape index (κ1) is 23.4. The quantitative estimate of drug-likeness (QED) is 0.419. The monoisotopic (exact) mass is 506 g/mol. The zero-order chi connectivity index (χ0) is 22.4. The molecule has 0 radical (unpaired) electrons. The van der Waals surface area contributed by atoms with E-state index < -0.39 is 17.5 Å². The van der Waals surface area contributed by atoms with Crippen molar-refractivity contribution in [3.8, 4) is 5.40 Å². The van der Waals surface area contributed by atoms with Crippen LogP contribution in [-0.4, -0.2) is 43.9 Å². The maximum atomic E-state index is 13.0. The van der Waals surface area contributed by atoms with Gasteiger partial charge in [-0.3, -0.25) is 0 Å². The molecular formula is C22H23BrN2O5S. The van der Waals surface area contributed by atoms with Crippen LogP contribution in [0.25, 0.3) is 0 Å². The van der Waals surface area contributed by atoms with Gasteiger partial charge >= 0.3 is 11.9 Å². The lowest BCUT2D eigenvalue weighted by Gasteiger charge is -2.30. The van der Waals surface area contributed by atoms with Gasteiger partial charge in [-0.2, -0.15) is 5.26 Å². The van der Waals surface area contributed by atoms with Crippen molar-refractivity contribution >= 4 is 45.5 Å². The van der Waals surface area contributed by atoms with Crippen LogP contribution in [0.3, 0.4) is 0 Å². The van der Waals surface area contributed by atoms with Gasteiger partial charge in [-0.1, -0.05) is 47.3 Å². The number of esters is 2. The number of ether oxygens (including phenoxy) is 3. The topological polar surface area (TPSA) is 98.0 Å². The molecule has 0 bridgehead atoms. The van der Waals surface area contributed by atoms with Gasteiger partial charge in [0.15, 0.2) is 5.60 Å². The normalized spacial score (nSPS) is 22.7. The number of nitrogens with zero attached hydrogens (tertiary/aromatic N) is 2. The van der Waals surface area contributed by atoms with Crippen molar-refractivity contribution in [2.45, 2.75) is 43.7 Å². The first-order chi connectivity index (χ1) is 15.0. The van der Waals surface area contributed by atoms with E-state index in [4.69, 9.17) is 19.2 Å². The second-order valence-electron chi connectivity index (χ2n) is 7.28. The summed E-state index contributed by atoms with van der Waals surface area (Å²) >= 11 is 4.33. The fourth-order valence-corrected chi connectivity index (χ4v) is 4.85. The van der Waals surface area contributed by atoms with Gasteiger partial charge in [0.2, 0.25) is 5.90 Å². The fourth-order valence-electron chi connectivity index (χ4n) is 3.94. The van der Waals surface area contributed by atoms with Crippen LogP contribution >= 0.6 is 27.7 Å². The van der Waals surface area contributed by atoms with Crippen LogP contribution in [0.2, 0.25) is 0 Å². The summed E-state index contributed by atoms with van der Waals surface area (Å²) in [5, 5.41) is 11.3. The first-order valence-corrected chi connectivity index (χ1v) is 11.7. The van der Waals surface area contributed by atoms with Crippen molar-refractivity contribution in [2.75, 3.05) is 20.0 Å². The van der Waals surface area contributed by atoms with Crippen molar-refractivity contribution in [3.05, 3.63) is 45.4 Å². The first-order valence-electron chi connectivity index (χ1n) is 9.92. The molecule has 2 aliphatic rings. The third-order valence-electron chi connectivity index (χ3n) is 5.44. The Labute approximate surface area is 194 Å². The highest BCUT2D eigenvalue weighted by molar-refractivity contribution is 9.10. The van der Waals surface area contributed by atoms with Crippen LogP contribution in [0, 0.1) is 10.7 Å². The van der Waals surface area contributed by atoms with E-state index in [1.165, 1.54) is 14.2 Å². The van der Waals surface area contributed by atoms with Gasteiger partial charge in [0.1, 0.15) is 16.5 Å². The number of carbonyl (C=O) groups excluding carboxylic acids is 2. The average molecular weight is 507 g/mol. The second-order valence-corrected chi connectivity index (χ2v) is 8.95. The number of thiocyanates is 1. The molecule has 0 N–H and O–H groups in total. The molecule has 9 heteroatoms. The molecule has 1 unspecified atom stereocenters. The summed E-state index contributed by atoms with van der Waals surface area (Å²) in [4.78, 5) is 30.5. The van der Waals surface area contributed by atoms with Crippen molar-refractivity contribution in [1.82, 2.24) is 0 Å². The predicted octanol–water partition coefficient (Wildman–Crippen LogP) is 4.26. The van der Waals surface area contributed by atoms with E-state index in [0.29, 0.717) is 5.56 Å². The third-order valence-corrected chi connectivity index (χ3v) is 6.65. The minimum absolute atomic E-state index is 0.00137. The number of carbonyl (C=O) groups is 2. The lowest BCUT2D eigenvalue weighted by atomic mass is 9.86. The summed E-state index contributed by atoms with van der Waals surface area (Å²) in [6, 6.07) is 7.17. The molecule has 1 aliphatic heterocycles. The zero-order valence-corrected chi connectivity index (χ0v) is 19.8. The molecular weight excluding hydrogens is 484 g/mol. The Kier molecular flexibility index (Phi) is 7.79. The molecule has 0 spiro atoms. The van der Waals surface area contributed by atoms with Gasteiger partial charge in [-0.25, -0.2) is 14.6 Å². The Hall–Kier alpha value is -2.31. The van der Waals surface area contributed by atoms with Gasteiger partial charge in [0.05, 0.1) is 26.0 Å². The number of hydrogen-bond donors (Lipinski definition) is 0. The van der Waals surface area contributed by atoms with Crippen LogP contribution in [0.15, 0.2) is 44.9 Å². The molecule has 1 aliphatic carbocycles. The lowest BCUT2D eigenvalue weighted by Crippen LogP contribution is -2.36. The highest BCUT2D eigenvalue weighted by Crippen LogP contribution is 2.46. The SMILES string of the molecule is COC(=O)C1=C(C(=O)OC)C(CSC#N)(c2ccc(Br)cc2)OC1=NC1CCCCC1. The Morgan fingerprint density at radius 1 is 1.19 bits per heavy atom. The van der Waals surface area contributed by atoms with Gasteiger partial charge in [-0.15, -0.1) is 0 Å². The Bertz CT molecular complexity index is 948. The van der Waals surface area contributed by atoms with Gasteiger partial charge < -0.3 is 14.2 Å². The summed E-state index contributed by atoms with van der Waals surface area (Å²) in [5.74, 6) is -1.31. The molecule has 0 aromatic heterocycles. The molecule has 1 heterocycles. The molecule has 0 saturated heterocycles. The summed E-state index contributed by atoms with van der Waals surface area (Å²) in [7, 11) is 2.48. The standard InChI is InChI=1S/C22H23BrN2O5S/c1-28-20(26)17-18(21(27)29-2)22(12-31-13-24,14-8-10-15(23)11-9-14)30-19(17)25-16-6-4-3-5-7-16/h8-11,16H,3-7,12H2,1-2H3. The maximum Gasteiger partial charge on any atom is 0.344 e. The number of methoxy groups -OCH3 is 2. The summed E-state index contributed by atoms with van der Waals surface area (Å²) < 4.78 is 17.2. The zero-order valence-electron chi connectivity index (χ0n) is 17.4. The van der Waals surface area contributed by atoms with Crippen LogP contribution < -0.4 is 0 Å². The van der Waals surface area contributed by atoms with Crippen molar-refractivity contribution < 1.29 is 23.8 Å². The molecule has 1 aromatic rings. The predicted molar refractivity (Wildman–Crippen MR) is 120 cm³/mol. The minimum atomic E-state index is -1.41.